The van der Waals surface area contributed by atoms with Gasteiger partial charge >= 0.3 is 0 Å². The van der Waals surface area contributed by atoms with Crippen molar-refractivity contribution in [3.63, 3.8) is 0 Å². The van der Waals surface area contributed by atoms with E-state index in [1.165, 1.54) is 4.90 Å². The second-order valence-corrected chi connectivity index (χ2v) is 7.08. The number of hydrogen-bond donors (Lipinski definition) is 1. The fourth-order valence-corrected chi connectivity index (χ4v) is 3.45. The maximum absolute atomic E-state index is 12.7. The first-order chi connectivity index (χ1) is 12.6. The summed E-state index contributed by atoms with van der Waals surface area (Å²) >= 11 is 1.68. The molecule has 1 aromatic carbocycles. The van der Waals surface area contributed by atoms with Crippen molar-refractivity contribution in [3.8, 4) is 0 Å². The molecule has 0 saturated carbocycles. The van der Waals surface area contributed by atoms with Gasteiger partial charge in [0.25, 0.3) is 5.91 Å². The first kappa shape index (κ1) is 18.5. The number of aryl methyl sites for hydroxylation is 1. The zero-order valence-corrected chi connectivity index (χ0v) is 16.3. The molecule has 138 valence electrons. The van der Waals surface area contributed by atoms with Crippen LogP contribution in [-0.4, -0.2) is 59.8 Å². The summed E-state index contributed by atoms with van der Waals surface area (Å²) in [5.41, 5.74) is 0.753. The number of nitrogens with one attached hydrogen (secondary N) is 1. The molecule has 0 aliphatic carbocycles. The van der Waals surface area contributed by atoms with Crippen LogP contribution in [0.1, 0.15) is 23.1 Å². The molecule has 0 radical (unpaired) electrons. The molecule has 1 aliphatic rings. The standard InChI is InChI=1S/C19H25N5OS/c1-4-20-17-13-18(22-14(2)21-17)23-9-11-24(12-10-23)19(25)15-5-7-16(26-3)8-6-15/h5-8,13H,4,9-12H2,1-3H3,(H,20,21,22). The molecule has 0 spiro atoms. The van der Waals surface area contributed by atoms with Gasteiger partial charge in [-0.15, -0.1) is 11.8 Å². The Labute approximate surface area is 159 Å². The number of aromatic nitrogens is 2. The minimum Gasteiger partial charge on any atom is -0.370 e. The van der Waals surface area contributed by atoms with Crippen LogP contribution in [0.25, 0.3) is 0 Å². The Balaban J connectivity index is 1.64. The SMILES string of the molecule is CCNc1cc(N2CCN(C(=O)c3ccc(SC)cc3)CC2)nc(C)n1. The monoisotopic (exact) mass is 371 g/mol. The molecule has 2 heterocycles. The van der Waals surface area contributed by atoms with Gasteiger partial charge in [0.15, 0.2) is 0 Å². The van der Waals surface area contributed by atoms with Crippen LogP contribution in [-0.2, 0) is 0 Å². The zero-order chi connectivity index (χ0) is 18.5. The predicted molar refractivity (Wildman–Crippen MR) is 107 cm³/mol. The average Bonchev–Trinajstić information content (AvgIpc) is 2.67. The van der Waals surface area contributed by atoms with Gasteiger partial charge in [0.2, 0.25) is 0 Å². The van der Waals surface area contributed by atoms with E-state index in [1.807, 2.05) is 55.3 Å². The molecule has 1 fully saturated rings. The van der Waals surface area contributed by atoms with Gasteiger partial charge in [0.05, 0.1) is 0 Å². The van der Waals surface area contributed by atoms with Gasteiger partial charge < -0.3 is 15.1 Å². The smallest absolute Gasteiger partial charge is 0.253 e. The number of piperazine rings is 1. The van der Waals surface area contributed by atoms with Crippen molar-refractivity contribution in [2.24, 2.45) is 0 Å². The van der Waals surface area contributed by atoms with E-state index in [9.17, 15) is 4.79 Å². The minimum atomic E-state index is 0.101. The van der Waals surface area contributed by atoms with E-state index in [0.717, 1.165) is 42.7 Å². The Bertz CT molecular complexity index is 757. The van der Waals surface area contributed by atoms with E-state index >= 15 is 0 Å². The van der Waals surface area contributed by atoms with E-state index in [1.54, 1.807) is 11.8 Å². The molecule has 26 heavy (non-hydrogen) atoms. The predicted octanol–water partition coefficient (Wildman–Crippen LogP) is 2.90. The molecule has 1 aromatic heterocycles. The van der Waals surface area contributed by atoms with Crippen LogP contribution in [0.4, 0.5) is 11.6 Å². The summed E-state index contributed by atoms with van der Waals surface area (Å²) in [7, 11) is 0. The topological polar surface area (TPSA) is 61.4 Å². The fourth-order valence-electron chi connectivity index (χ4n) is 3.04. The molecule has 1 N–H and O–H groups in total. The lowest BCUT2D eigenvalue weighted by atomic mass is 10.2. The van der Waals surface area contributed by atoms with Crippen molar-refractivity contribution in [3.05, 3.63) is 41.7 Å². The second-order valence-electron chi connectivity index (χ2n) is 6.20. The normalized spacial score (nSPS) is 14.4. The lowest BCUT2D eigenvalue weighted by Crippen LogP contribution is -2.49. The van der Waals surface area contributed by atoms with Gasteiger partial charge in [-0.2, -0.15) is 0 Å². The number of nitrogens with zero attached hydrogens (tertiary/aromatic N) is 4. The van der Waals surface area contributed by atoms with E-state index < -0.39 is 0 Å². The highest BCUT2D eigenvalue weighted by Gasteiger charge is 2.23. The molecule has 6 nitrogen and oxygen atoms in total. The van der Waals surface area contributed by atoms with Crippen LogP contribution in [0.3, 0.4) is 0 Å². The van der Waals surface area contributed by atoms with E-state index in [-0.39, 0.29) is 5.91 Å². The number of benzene rings is 1. The van der Waals surface area contributed by atoms with Crippen LogP contribution in [0, 0.1) is 6.92 Å². The van der Waals surface area contributed by atoms with Gasteiger partial charge in [0.1, 0.15) is 17.5 Å². The Kier molecular flexibility index (Phi) is 5.98. The summed E-state index contributed by atoms with van der Waals surface area (Å²) in [6.07, 6.45) is 2.03. The number of anilines is 2. The number of carbonyl (C=O) groups excluding carboxylic acids is 1. The third-order valence-corrected chi connectivity index (χ3v) is 5.15. The van der Waals surface area contributed by atoms with Crippen molar-refractivity contribution in [1.82, 2.24) is 14.9 Å². The molecule has 7 heteroatoms. The number of carbonyl (C=O) groups is 1. The van der Waals surface area contributed by atoms with Gasteiger partial charge in [-0.25, -0.2) is 9.97 Å². The zero-order valence-electron chi connectivity index (χ0n) is 15.5. The Morgan fingerprint density at radius 2 is 1.85 bits per heavy atom. The summed E-state index contributed by atoms with van der Waals surface area (Å²) in [4.78, 5) is 27.0. The Hall–Kier alpha value is -2.28. The van der Waals surface area contributed by atoms with Crippen molar-refractivity contribution >= 4 is 29.3 Å². The highest BCUT2D eigenvalue weighted by atomic mass is 32.2. The number of amides is 1. The van der Waals surface area contributed by atoms with Crippen molar-refractivity contribution in [2.75, 3.05) is 49.2 Å². The number of thioether (sulfide) groups is 1. The van der Waals surface area contributed by atoms with Crippen LogP contribution >= 0.6 is 11.8 Å². The van der Waals surface area contributed by atoms with Gasteiger partial charge in [-0.1, -0.05) is 0 Å². The third kappa shape index (κ3) is 4.27. The largest absolute Gasteiger partial charge is 0.370 e. The lowest BCUT2D eigenvalue weighted by Gasteiger charge is -2.35. The molecule has 1 aliphatic heterocycles. The molecule has 1 amide bonds. The highest BCUT2D eigenvalue weighted by molar-refractivity contribution is 7.98. The quantitative estimate of drug-likeness (QED) is 0.816. The van der Waals surface area contributed by atoms with Crippen LogP contribution < -0.4 is 10.2 Å². The van der Waals surface area contributed by atoms with Crippen LogP contribution in [0.2, 0.25) is 0 Å². The minimum absolute atomic E-state index is 0.101. The maximum Gasteiger partial charge on any atom is 0.253 e. The van der Waals surface area contributed by atoms with Crippen molar-refractivity contribution in [2.45, 2.75) is 18.7 Å². The van der Waals surface area contributed by atoms with Crippen LogP contribution in [0.5, 0.6) is 0 Å². The van der Waals surface area contributed by atoms with Crippen LogP contribution in [0.15, 0.2) is 35.2 Å². The first-order valence-corrected chi connectivity index (χ1v) is 10.1. The molecular weight excluding hydrogens is 346 g/mol. The van der Waals surface area contributed by atoms with E-state index in [0.29, 0.717) is 13.1 Å². The third-order valence-electron chi connectivity index (χ3n) is 4.41. The Morgan fingerprint density at radius 3 is 2.46 bits per heavy atom. The maximum atomic E-state index is 12.7. The summed E-state index contributed by atoms with van der Waals surface area (Å²) < 4.78 is 0. The van der Waals surface area contributed by atoms with E-state index in [4.69, 9.17) is 0 Å². The molecule has 3 rings (SSSR count). The van der Waals surface area contributed by atoms with Gasteiger partial charge in [-0.3, -0.25) is 4.79 Å². The molecular formula is C19H25N5OS. The summed E-state index contributed by atoms with van der Waals surface area (Å²) in [5.74, 6) is 2.63. The fraction of sp³-hybridized carbons (Fsp3) is 0.421. The molecule has 0 atom stereocenters. The highest BCUT2D eigenvalue weighted by Crippen LogP contribution is 2.20. The summed E-state index contributed by atoms with van der Waals surface area (Å²) in [5, 5.41) is 3.24. The summed E-state index contributed by atoms with van der Waals surface area (Å²) in [6, 6.07) is 9.81. The average molecular weight is 372 g/mol. The van der Waals surface area contributed by atoms with Gasteiger partial charge in [-0.05, 0) is 44.4 Å². The molecule has 2 aromatic rings. The lowest BCUT2D eigenvalue weighted by molar-refractivity contribution is 0.0746. The van der Waals surface area contributed by atoms with Crippen molar-refractivity contribution < 1.29 is 4.79 Å². The number of rotatable bonds is 5. The molecule has 1 saturated heterocycles. The van der Waals surface area contributed by atoms with E-state index in [2.05, 4.69) is 20.2 Å². The first-order valence-electron chi connectivity index (χ1n) is 8.88. The molecule has 0 unspecified atom stereocenters. The molecule has 0 bridgehead atoms. The van der Waals surface area contributed by atoms with Gasteiger partial charge in [0, 0.05) is 49.2 Å². The number of hydrogen-bond acceptors (Lipinski definition) is 6. The second kappa shape index (κ2) is 8.40. The van der Waals surface area contributed by atoms with Crippen molar-refractivity contribution in [1.29, 1.82) is 0 Å². The Morgan fingerprint density at radius 1 is 1.15 bits per heavy atom. The summed E-state index contributed by atoms with van der Waals surface area (Å²) in [6.45, 7) is 7.72.